The van der Waals surface area contributed by atoms with E-state index in [2.05, 4.69) is 53.4 Å². The first-order valence-electron chi connectivity index (χ1n) is 16.9. The molecule has 1 aromatic heterocycles. The number of ether oxygens (including phenoxy) is 1. The quantitative estimate of drug-likeness (QED) is 0.270. The third kappa shape index (κ3) is 4.20. The number of fused-ring (bicyclic) bond motifs is 7. The highest BCUT2D eigenvalue weighted by atomic mass is 16.5. The average Bonchev–Trinajstić information content (AvgIpc) is 3.60. The molecule has 1 amide bonds. The van der Waals surface area contributed by atoms with E-state index in [1.54, 1.807) is 12.1 Å². The molecule has 43 heavy (non-hydrogen) atoms. The molecule has 6 rings (SSSR count). The van der Waals surface area contributed by atoms with Gasteiger partial charge in [-0.25, -0.2) is 4.79 Å². The molecular formula is C37H55NO5. The van der Waals surface area contributed by atoms with Gasteiger partial charge in [0.15, 0.2) is 0 Å². The molecule has 0 aromatic carbocycles. The van der Waals surface area contributed by atoms with Crippen LogP contribution in [0.4, 0.5) is 0 Å². The number of aliphatic hydroxyl groups excluding tert-OH is 1. The number of hydrogen-bond donors (Lipinski definition) is 2. The Morgan fingerprint density at radius 1 is 0.953 bits per heavy atom. The van der Waals surface area contributed by atoms with Gasteiger partial charge in [-0.2, -0.15) is 0 Å². The first-order valence-corrected chi connectivity index (χ1v) is 16.9. The van der Waals surface area contributed by atoms with Crippen molar-refractivity contribution in [3.8, 4) is 0 Å². The van der Waals surface area contributed by atoms with Crippen molar-refractivity contribution in [2.45, 2.75) is 118 Å². The van der Waals surface area contributed by atoms with Crippen LogP contribution in [0, 0.1) is 56.7 Å². The molecule has 6 nitrogen and oxygen atoms in total. The number of esters is 1. The van der Waals surface area contributed by atoms with E-state index >= 15 is 0 Å². The minimum Gasteiger partial charge on any atom is -0.463 e. The normalized spacial score (nSPS) is 44.7. The van der Waals surface area contributed by atoms with E-state index in [-0.39, 0.29) is 46.0 Å². The highest BCUT2D eigenvalue weighted by Gasteiger charge is 2.71. The molecule has 1 aromatic rings. The molecule has 1 heterocycles. The van der Waals surface area contributed by atoms with Crippen molar-refractivity contribution >= 4 is 11.9 Å². The monoisotopic (exact) mass is 593 g/mol. The van der Waals surface area contributed by atoms with Gasteiger partial charge in [-0.15, -0.1) is 0 Å². The van der Waals surface area contributed by atoms with Crippen molar-refractivity contribution in [2.24, 2.45) is 56.7 Å². The lowest BCUT2D eigenvalue weighted by atomic mass is 9.32. The third-order valence-corrected chi connectivity index (χ3v) is 15.0. The number of rotatable bonds is 5. The summed E-state index contributed by atoms with van der Waals surface area (Å²) in [6.45, 7) is 19.4. The van der Waals surface area contributed by atoms with Gasteiger partial charge in [0.05, 0.1) is 25.2 Å². The first kappa shape index (κ1) is 30.9. The van der Waals surface area contributed by atoms with Crippen molar-refractivity contribution in [1.29, 1.82) is 0 Å². The number of methoxy groups -OCH3 is 1. The zero-order valence-corrected chi connectivity index (χ0v) is 27.7. The zero-order chi connectivity index (χ0) is 31.2. The molecule has 0 saturated heterocycles. The minimum atomic E-state index is -0.511. The second-order valence-corrected chi connectivity index (χ2v) is 16.7. The molecule has 0 spiro atoms. The standard InChI is InChI=1S/C37H55NO5/c1-22(2)24-13-18-37(32(41)38-21-23-9-11-26(43-23)31(40)42-8)20-19-35(6)25(30(24)37)10-12-28-34(5)16-15-29(39)33(3,4)27(34)14-17-36(28,35)7/h9,11,24-25,27-30,39H,1,10,12-21H2,2-8H3,(H,38,41)/t24-,25?,27?,28?,29-,30?,34-,35+,36+,37-/m0/s1. The molecule has 0 radical (unpaired) electrons. The third-order valence-electron chi connectivity index (χ3n) is 15.0. The van der Waals surface area contributed by atoms with Crippen LogP contribution in [0.15, 0.2) is 28.7 Å². The number of hydrogen-bond acceptors (Lipinski definition) is 5. The summed E-state index contributed by atoms with van der Waals surface area (Å²) in [5.41, 5.74) is 1.39. The largest absolute Gasteiger partial charge is 0.463 e. The number of furan rings is 1. The Morgan fingerprint density at radius 3 is 2.40 bits per heavy atom. The maximum absolute atomic E-state index is 14.3. The predicted octanol–water partition coefficient (Wildman–Crippen LogP) is 7.70. The van der Waals surface area contributed by atoms with Crippen LogP contribution in [0.3, 0.4) is 0 Å². The highest BCUT2D eigenvalue weighted by Crippen LogP contribution is 2.77. The predicted molar refractivity (Wildman–Crippen MR) is 167 cm³/mol. The molecule has 5 aliphatic rings. The fourth-order valence-corrected chi connectivity index (χ4v) is 12.6. The minimum absolute atomic E-state index is 0.0476. The summed E-state index contributed by atoms with van der Waals surface area (Å²) in [4.78, 5) is 26.2. The molecule has 0 aliphatic heterocycles. The number of carbonyl (C=O) groups excluding carboxylic acids is 2. The summed E-state index contributed by atoms with van der Waals surface area (Å²) in [6.07, 6.45) is 10.5. The van der Waals surface area contributed by atoms with Crippen LogP contribution < -0.4 is 5.32 Å². The lowest BCUT2D eigenvalue weighted by molar-refractivity contribution is -0.246. The Labute approximate surface area is 258 Å². The van der Waals surface area contributed by atoms with Crippen LogP contribution in [0.5, 0.6) is 0 Å². The van der Waals surface area contributed by atoms with Crippen LogP contribution in [0.1, 0.15) is 122 Å². The van der Waals surface area contributed by atoms with E-state index in [1.165, 1.54) is 38.4 Å². The van der Waals surface area contributed by atoms with Gasteiger partial charge in [-0.3, -0.25) is 4.79 Å². The molecule has 5 fully saturated rings. The van der Waals surface area contributed by atoms with Crippen molar-refractivity contribution in [3.05, 3.63) is 35.8 Å². The van der Waals surface area contributed by atoms with E-state index in [0.29, 0.717) is 35.3 Å². The van der Waals surface area contributed by atoms with Crippen LogP contribution in [0.2, 0.25) is 0 Å². The molecule has 5 saturated carbocycles. The summed E-state index contributed by atoms with van der Waals surface area (Å²) < 4.78 is 10.4. The number of amides is 1. The van der Waals surface area contributed by atoms with Gasteiger partial charge in [0, 0.05) is 0 Å². The van der Waals surface area contributed by atoms with Crippen molar-refractivity contribution in [2.75, 3.05) is 7.11 Å². The number of carbonyl (C=O) groups is 2. The van der Waals surface area contributed by atoms with Gasteiger partial charge in [-0.05, 0) is 135 Å². The van der Waals surface area contributed by atoms with Gasteiger partial charge in [0.25, 0.3) is 0 Å². The summed E-state index contributed by atoms with van der Waals surface area (Å²) in [7, 11) is 1.33. The first-order chi connectivity index (χ1) is 20.2. The second-order valence-electron chi connectivity index (χ2n) is 16.7. The maximum atomic E-state index is 14.3. The molecule has 10 atom stereocenters. The topological polar surface area (TPSA) is 88.8 Å². The van der Waals surface area contributed by atoms with E-state index in [0.717, 1.165) is 38.5 Å². The molecule has 2 N–H and O–H groups in total. The van der Waals surface area contributed by atoms with Crippen LogP contribution in [-0.4, -0.2) is 30.2 Å². The number of allylic oxidation sites excluding steroid dienone is 1. The van der Waals surface area contributed by atoms with Crippen LogP contribution in [0.25, 0.3) is 0 Å². The Bertz CT molecular complexity index is 1300. The summed E-state index contributed by atoms with van der Waals surface area (Å²) >= 11 is 0. The van der Waals surface area contributed by atoms with Gasteiger partial charge < -0.3 is 19.6 Å². The Kier molecular flexibility index (Phi) is 7.35. The Balaban J connectivity index is 1.30. The fourth-order valence-electron chi connectivity index (χ4n) is 12.6. The SMILES string of the molecule is C=C(C)[C@@H]1CC[C@]2(C(=O)NCc3ccc(C(=O)OC)o3)CC[C@]3(C)C(CCC4[C@@]5(C)CC[C@H](O)C(C)(C)C5CC[C@]43C)C12. The Morgan fingerprint density at radius 2 is 1.70 bits per heavy atom. The van der Waals surface area contributed by atoms with Crippen molar-refractivity contribution in [3.63, 3.8) is 0 Å². The Hall–Kier alpha value is -2.08. The average molecular weight is 594 g/mol. The van der Waals surface area contributed by atoms with Gasteiger partial charge in [-0.1, -0.05) is 46.8 Å². The number of aliphatic hydroxyl groups is 1. The smallest absolute Gasteiger partial charge is 0.373 e. The summed E-state index contributed by atoms with van der Waals surface area (Å²) in [5.74, 6) is 2.67. The molecule has 6 heteroatoms. The van der Waals surface area contributed by atoms with Gasteiger partial charge in [0.2, 0.25) is 11.7 Å². The van der Waals surface area contributed by atoms with Gasteiger partial charge in [0.1, 0.15) is 5.76 Å². The summed E-state index contributed by atoms with van der Waals surface area (Å²) in [5, 5.41) is 14.3. The maximum Gasteiger partial charge on any atom is 0.373 e. The zero-order valence-electron chi connectivity index (χ0n) is 27.7. The highest BCUT2D eigenvalue weighted by molar-refractivity contribution is 5.86. The van der Waals surface area contributed by atoms with Crippen molar-refractivity contribution < 1.29 is 23.8 Å². The van der Waals surface area contributed by atoms with Crippen LogP contribution >= 0.6 is 0 Å². The lowest BCUT2D eigenvalue weighted by Crippen LogP contribution is -2.67. The second kappa shape index (κ2) is 10.2. The van der Waals surface area contributed by atoms with Crippen LogP contribution in [-0.2, 0) is 16.1 Å². The molecule has 4 unspecified atom stereocenters. The lowest BCUT2D eigenvalue weighted by Gasteiger charge is -2.72. The molecule has 5 aliphatic carbocycles. The van der Waals surface area contributed by atoms with E-state index in [4.69, 9.17) is 9.15 Å². The molecule has 0 bridgehead atoms. The fraction of sp³-hybridized carbons (Fsp3) is 0.784. The van der Waals surface area contributed by atoms with E-state index < -0.39 is 11.4 Å². The van der Waals surface area contributed by atoms with Gasteiger partial charge >= 0.3 is 5.97 Å². The summed E-state index contributed by atoms with van der Waals surface area (Å²) in [6, 6.07) is 3.35. The van der Waals surface area contributed by atoms with E-state index in [9.17, 15) is 14.7 Å². The number of nitrogens with one attached hydrogen (secondary N) is 1. The van der Waals surface area contributed by atoms with E-state index in [1.807, 2.05) is 0 Å². The molecular weight excluding hydrogens is 538 g/mol. The van der Waals surface area contributed by atoms with Crippen molar-refractivity contribution in [1.82, 2.24) is 5.32 Å². The molecule has 238 valence electrons.